The van der Waals surface area contributed by atoms with Crippen LogP contribution >= 0.6 is 23.4 Å². The average Bonchev–Trinajstić information content (AvgIpc) is 3.20. The van der Waals surface area contributed by atoms with Gasteiger partial charge in [0.25, 0.3) is 0 Å². The van der Waals surface area contributed by atoms with Crippen molar-refractivity contribution in [2.75, 3.05) is 18.8 Å². The molecule has 0 radical (unpaired) electrons. The van der Waals surface area contributed by atoms with Crippen LogP contribution in [0.1, 0.15) is 11.1 Å². The van der Waals surface area contributed by atoms with Gasteiger partial charge in [-0.1, -0.05) is 41.6 Å². The minimum atomic E-state index is -3.64. The minimum absolute atomic E-state index is 0.0881. The van der Waals surface area contributed by atoms with Crippen molar-refractivity contribution in [2.45, 2.75) is 23.9 Å². The highest BCUT2D eigenvalue weighted by atomic mass is 35.5. The first-order valence-corrected chi connectivity index (χ1v) is 12.2. The molecule has 11 heteroatoms. The molecule has 31 heavy (non-hydrogen) atoms. The van der Waals surface area contributed by atoms with Crippen LogP contribution in [0.25, 0.3) is 5.69 Å². The van der Waals surface area contributed by atoms with Gasteiger partial charge in [0.1, 0.15) is 6.33 Å². The fourth-order valence-electron chi connectivity index (χ4n) is 2.77. The zero-order chi connectivity index (χ0) is 22.4. The number of amides is 1. The molecular formula is C20H22ClN5O3S2. The summed E-state index contributed by atoms with van der Waals surface area (Å²) >= 11 is 7.25. The Hall–Kier alpha value is -2.40. The Bertz CT molecular complexity index is 1180. The van der Waals surface area contributed by atoms with E-state index in [9.17, 15) is 13.2 Å². The number of nitrogens with zero attached hydrogens (tertiary/aromatic N) is 3. The number of aromatic nitrogens is 3. The number of sulfonamides is 1. The summed E-state index contributed by atoms with van der Waals surface area (Å²) in [4.78, 5) is 12.4. The molecule has 3 rings (SSSR count). The second kappa shape index (κ2) is 10.3. The molecule has 0 spiro atoms. The van der Waals surface area contributed by atoms with Crippen molar-refractivity contribution in [1.82, 2.24) is 24.8 Å². The van der Waals surface area contributed by atoms with Crippen LogP contribution in [0, 0.1) is 13.8 Å². The topological polar surface area (TPSA) is 106 Å². The number of hydrogen-bond acceptors (Lipinski definition) is 6. The summed E-state index contributed by atoms with van der Waals surface area (Å²) in [5.74, 6) is -0.125. The number of halogens is 1. The molecule has 1 heterocycles. The van der Waals surface area contributed by atoms with Crippen LogP contribution < -0.4 is 10.0 Å². The van der Waals surface area contributed by atoms with E-state index in [-0.39, 0.29) is 29.6 Å². The minimum Gasteiger partial charge on any atom is -0.354 e. The Morgan fingerprint density at radius 2 is 1.97 bits per heavy atom. The van der Waals surface area contributed by atoms with E-state index < -0.39 is 10.0 Å². The molecule has 0 fully saturated rings. The Balaban J connectivity index is 1.48. The maximum Gasteiger partial charge on any atom is 0.240 e. The molecule has 8 nitrogen and oxygen atoms in total. The standard InChI is InChI=1S/C20H22ClN5O3S2/c1-14-6-7-15(2)18(10-14)31(28,29)24-9-8-22-19(27)12-30-20-25-23-13-26(20)17-5-3-4-16(21)11-17/h3-7,10-11,13,24H,8-9,12H2,1-2H3,(H,22,27). The predicted octanol–water partition coefficient (Wildman–Crippen LogP) is 2.72. The van der Waals surface area contributed by atoms with Crippen LogP contribution in [0.3, 0.4) is 0 Å². The zero-order valence-corrected chi connectivity index (χ0v) is 19.4. The third kappa shape index (κ3) is 6.30. The van der Waals surface area contributed by atoms with Crippen LogP contribution in [-0.4, -0.2) is 47.9 Å². The Kier molecular flexibility index (Phi) is 7.71. The summed E-state index contributed by atoms with van der Waals surface area (Å²) in [5, 5.41) is 11.8. The summed E-state index contributed by atoms with van der Waals surface area (Å²) in [6.07, 6.45) is 1.55. The monoisotopic (exact) mass is 479 g/mol. The molecule has 0 aliphatic carbocycles. The van der Waals surface area contributed by atoms with Crippen LogP contribution in [-0.2, 0) is 14.8 Å². The SMILES string of the molecule is Cc1ccc(C)c(S(=O)(=O)NCCNC(=O)CSc2nncn2-c2cccc(Cl)c2)c1. The number of carbonyl (C=O) groups is 1. The Morgan fingerprint density at radius 1 is 1.16 bits per heavy atom. The van der Waals surface area contributed by atoms with Crippen molar-refractivity contribution in [2.24, 2.45) is 0 Å². The normalized spacial score (nSPS) is 11.5. The number of carbonyl (C=O) groups excluding carboxylic acids is 1. The maximum absolute atomic E-state index is 12.5. The fourth-order valence-corrected chi connectivity index (χ4v) is 5.07. The maximum atomic E-state index is 12.5. The smallest absolute Gasteiger partial charge is 0.240 e. The molecule has 0 bridgehead atoms. The molecule has 0 saturated carbocycles. The molecular weight excluding hydrogens is 458 g/mol. The number of nitrogens with one attached hydrogen (secondary N) is 2. The highest BCUT2D eigenvalue weighted by molar-refractivity contribution is 7.99. The van der Waals surface area contributed by atoms with Crippen LogP contribution in [0.4, 0.5) is 0 Å². The first-order chi connectivity index (χ1) is 14.8. The Labute approximate surface area is 190 Å². The van der Waals surface area contributed by atoms with E-state index >= 15 is 0 Å². The summed E-state index contributed by atoms with van der Waals surface area (Å²) < 4.78 is 29.2. The molecule has 2 aromatic carbocycles. The van der Waals surface area contributed by atoms with E-state index in [2.05, 4.69) is 20.2 Å². The molecule has 0 aliphatic rings. The number of aryl methyl sites for hydroxylation is 2. The largest absolute Gasteiger partial charge is 0.354 e. The molecule has 3 aromatic rings. The van der Waals surface area contributed by atoms with Crippen molar-refractivity contribution < 1.29 is 13.2 Å². The van der Waals surface area contributed by atoms with E-state index in [0.717, 1.165) is 11.3 Å². The van der Waals surface area contributed by atoms with Gasteiger partial charge < -0.3 is 5.32 Å². The van der Waals surface area contributed by atoms with Crippen molar-refractivity contribution >= 4 is 39.3 Å². The lowest BCUT2D eigenvalue weighted by Gasteiger charge is -2.11. The van der Waals surface area contributed by atoms with Crippen LogP contribution in [0.2, 0.25) is 5.02 Å². The molecule has 164 valence electrons. The van der Waals surface area contributed by atoms with Gasteiger partial charge >= 0.3 is 0 Å². The van der Waals surface area contributed by atoms with Crippen molar-refractivity contribution in [1.29, 1.82) is 0 Å². The summed E-state index contributed by atoms with van der Waals surface area (Å²) in [6, 6.07) is 12.5. The highest BCUT2D eigenvalue weighted by Crippen LogP contribution is 2.21. The average molecular weight is 480 g/mol. The number of hydrogen-bond donors (Lipinski definition) is 2. The molecule has 0 unspecified atom stereocenters. The first-order valence-electron chi connectivity index (χ1n) is 9.38. The van der Waals surface area contributed by atoms with Gasteiger partial charge in [0.15, 0.2) is 5.16 Å². The second-order valence-corrected chi connectivity index (χ2v) is 9.88. The van der Waals surface area contributed by atoms with E-state index in [4.69, 9.17) is 11.6 Å². The lowest BCUT2D eigenvalue weighted by Crippen LogP contribution is -2.35. The third-order valence-corrected chi connectivity index (χ3v) is 7.09. The third-order valence-electron chi connectivity index (χ3n) is 4.31. The van der Waals surface area contributed by atoms with E-state index in [1.165, 1.54) is 11.8 Å². The zero-order valence-electron chi connectivity index (χ0n) is 17.0. The Morgan fingerprint density at radius 3 is 2.74 bits per heavy atom. The van der Waals surface area contributed by atoms with Gasteiger partial charge in [-0.3, -0.25) is 9.36 Å². The van der Waals surface area contributed by atoms with Gasteiger partial charge in [0.2, 0.25) is 15.9 Å². The lowest BCUT2D eigenvalue weighted by molar-refractivity contribution is -0.118. The van der Waals surface area contributed by atoms with Gasteiger partial charge in [-0.05, 0) is 49.2 Å². The summed E-state index contributed by atoms with van der Waals surface area (Å²) in [7, 11) is -3.64. The molecule has 0 saturated heterocycles. The first kappa shape index (κ1) is 23.3. The fraction of sp³-hybridized carbons (Fsp3) is 0.250. The number of benzene rings is 2. The van der Waals surface area contributed by atoms with Crippen molar-refractivity contribution in [3.63, 3.8) is 0 Å². The van der Waals surface area contributed by atoms with Gasteiger partial charge in [0.05, 0.1) is 16.3 Å². The van der Waals surface area contributed by atoms with Crippen LogP contribution in [0.5, 0.6) is 0 Å². The molecule has 0 atom stereocenters. The second-order valence-electron chi connectivity index (χ2n) is 6.77. The summed E-state index contributed by atoms with van der Waals surface area (Å²) in [5.41, 5.74) is 2.32. The molecule has 2 N–H and O–H groups in total. The number of thioether (sulfide) groups is 1. The summed E-state index contributed by atoms with van der Waals surface area (Å²) in [6.45, 7) is 3.84. The van der Waals surface area contributed by atoms with Crippen molar-refractivity contribution in [3.05, 3.63) is 64.9 Å². The van der Waals surface area contributed by atoms with E-state index in [1.54, 1.807) is 42.1 Å². The van der Waals surface area contributed by atoms with Gasteiger partial charge in [0, 0.05) is 18.1 Å². The van der Waals surface area contributed by atoms with E-state index in [1.807, 2.05) is 25.1 Å². The quantitative estimate of drug-likeness (QED) is 0.361. The van der Waals surface area contributed by atoms with E-state index in [0.29, 0.717) is 15.7 Å². The van der Waals surface area contributed by atoms with Crippen molar-refractivity contribution in [3.8, 4) is 5.69 Å². The van der Waals surface area contributed by atoms with Gasteiger partial charge in [-0.15, -0.1) is 10.2 Å². The highest BCUT2D eigenvalue weighted by Gasteiger charge is 2.16. The lowest BCUT2D eigenvalue weighted by atomic mass is 10.2. The predicted molar refractivity (Wildman–Crippen MR) is 121 cm³/mol. The van der Waals surface area contributed by atoms with Gasteiger partial charge in [-0.25, -0.2) is 13.1 Å². The molecule has 0 aliphatic heterocycles. The van der Waals surface area contributed by atoms with Crippen LogP contribution in [0.15, 0.2) is 58.8 Å². The van der Waals surface area contributed by atoms with Gasteiger partial charge in [-0.2, -0.15) is 0 Å². The molecule has 1 aromatic heterocycles. The molecule has 1 amide bonds. The number of rotatable bonds is 9.